The van der Waals surface area contributed by atoms with Crippen molar-refractivity contribution < 1.29 is 0 Å². The monoisotopic (exact) mass is 204 g/mol. The van der Waals surface area contributed by atoms with Crippen molar-refractivity contribution in [3.05, 3.63) is 30.4 Å². The second-order valence-corrected chi connectivity index (χ2v) is 3.10. The molecule has 0 radical (unpaired) electrons. The standard InChI is InChI=1S/C9H12N6/c10-5-1-2-9-12-13-14-15(9)8-3-6-11-7-4-8/h3-4,6-7H,1-2,5,10H2. The highest BCUT2D eigenvalue weighted by molar-refractivity contribution is 5.27. The molecule has 0 amide bonds. The van der Waals surface area contributed by atoms with E-state index in [9.17, 15) is 0 Å². The van der Waals surface area contributed by atoms with Crippen LogP contribution in [0.25, 0.3) is 5.69 Å². The summed E-state index contributed by atoms with van der Waals surface area (Å²) in [6.07, 6.45) is 5.09. The fourth-order valence-electron chi connectivity index (χ4n) is 1.31. The molecular formula is C9H12N6. The van der Waals surface area contributed by atoms with Crippen molar-refractivity contribution in [3.8, 4) is 5.69 Å². The Balaban J connectivity index is 2.25. The van der Waals surface area contributed by atoms with E-state index in [0.29, 0.717) is 6.54 Å². The van der Waals surface area contributed by atoms with Crippen molar-refractivity contribution in [1.29, 1.82) is 0 Å². The van der Waals surface area contributed by atoms with Crippen molar-refractivity contribution in [2.45, 2.75) is 12.8 Å². The summed E-state index contributed by atoms with van der Waals surface area (Å²) in [6.45, 7) is 0.642. The zero-order chi connectivity index (χ0) is 10.5. The molecule has 0 aliphatic rings. The van der Waals surface area contributed by atoms with Gasteiger partial charge in [-0.2, -0.15) is 4.68 Å². The summed E-state index contributed by atoms with van der Waals surface area (Å²) < 4.78 is 1.71. The Morgan fingerprint density at radius 1 is 1.27 bits per heavy atom. The fraction of sp³-hybridized carbons (Fsp3) is 0.333. The zero-order valence-corrected chi connectivity index (χ0v) is 8.24. The molecular weight excluding hydrogens is 192 g/mol. The van der Waals surface area contributed by atoms with E-state index >= 15 is 0 Å². The van der Waals surface area contributed by atoms with Gasteiger partial charge in [0.05, 0.1) is 5.69 Å². The Hall–Kier alpha value is -1.82. The van der Waals surface area contributed by atoms with Gasteiger partial charge in [-0.25, -0.2) is 0 Å². The molecule has 2 heterocycles. The topological polar surface area (TPSA) is 82.5 Å². The Morgan fingerprint density at radius 3 is 2.80 bits per heavy atom. The predicted molar refractivity (Wildman–Crippen MR) is 54.3 cm³/mol. The largest absolute Gasteiger partial charge is 0.330 e. The molecule has 0 aliphatic carbocycles. The lowest BCUT2D eigenvalue weighted by Gasteiger charge is -2.02. The second-order valence-electron chi connectivity index (χ2n) is 3.10. The molecule has 0 spiro atoms. The van der Waals surface area contributed by atoms with E-state index in [-0.39, 0.29) is 0 Å². The van der Waals surface area contributed by atoms with Crippen LogP contribution in [0.5, 0.6) is 0 Å². The molecule has 0 saturated carbocycles. The van der Waals surface area contributed by atoms with Gasteiger partial charge in [-0.1, -0.05) is 0 Å². The lowest BCUT2D eigenvalue weighted by atomic mass is 10.3. The first-order chi connectivity index (χ1) is 7.42. The van der Waals surface area contributed by atoms with Gasteiger partial charge in [-0.05, 0) is 35.5 Å². The van der Waals surface area contributed by atoms with Gasteiger partial charge < -0.3 is 5.73 Å². The number of aromatic nitrogens is 5. The number of rotatable bonds is 4. The summed E-state index contributed by atoms with van der Waals surface area (Å²) in [7, 11) is 0. The van der Waals surface area contributed by atoms with Crippen LogP contribution in [0, 0.1) is 0 Å². The van der Waals surface area contributed by atoms with Gasteiger partial charge in [-0.15, -0.1) is 5.10 Å². The maximum absolute atomic E-state index is 5.45. The van der Waals surface area contributed by atoms with E-state index < -0.39 is 0 Å². The third-order valence-electron chi connectivity index (χ3n) is 2.05. The van der Waals surface area contributed by atoms with Crippen molar-refractivity contribution in [1.82, 2.24) is 25.2 Å². The summed E-state index contributed by atoms with van der Waals surface area (Å²) in [6, 6.07) is 3.73. The van der Waals surface area contributed by atoms with Crippen LogP contribution in [-0.4, -0.2) is 31.7 Å². The van der Waals surface area contributed by atoms with Crippen molar-refractivity contribution in [2.75, 3.05) is 6.54 Å². The number of hydrogen-bond acceptors (Lipinski definition) is 5. The number of tetrazole rings is 1. The van der Waals surface area contributed by atoms with E-state index in [1.807, 2.05) is 12.1 Å². The fourth-order valence-corrected chi connectivity index (χ4v) is 1.31. The van der Waals surface area contributed by atoms with Gasteiger partial charge in [0.25, 0.3) is 0 Å². The molecule has 6 heteroatoms. The van der Waals surface area contributed by atoms with E-state index in [0.717, 1.165) is 24.4 Å². The Bertz CT molecular complexity index is 410. The minimum absolute atomic E-state index is 0.642. The third kappa shape index (κ3) is 2.16. The molecule has 0 saturated heterocycles. The lowest BCUT2D eigenvalue weighted by molar-refractivity contribution is 0.726. The number of aryl methyl sites for hydroxylation is 1. The first kappa shape index (κ1) is 9.72. The van der Waals surface area contributed by atoms with Crippen molar-refractivity contribution in [2.24, 2.45) is 5.73 Å². The van der Waals surface area contributed by atoms with E-state index in [4.69, 9.17) is 5.73 Å². The molecule has 2 aromatic heterocycles. The van der Waals surface area contributed by atoms with Gasteiger partial charge in [0.1, 0.15) is 0 Å². The lowest BCUT2D eigenvalue weighted by Crippen LogP contribution is -2.06. The first-order valence-corrected chi connectivity index (χ1v) is 4.79. The number of hydrogen-bond donors (Lipinski definition) is 1. The Labute approximate surface area is 87.1 Å². The highest BCUT2D eigenvalue weighted by Crippen LogP contribution is 2.06. The molecule has 6 nitrogen and oxygen atoms in total. The molecule has 2 N–H and O–H groups in total. The van der Waals surface area contributed by atoms with Crippen LogP contribution in [0.4, 0.5) is 0 Å². The van der Waals surface area contributed by atoms with Crippen LogP contribution in [0.3, 0.4) is 0 Å². The predicted octanol–water partition coefficient (Wildman–Crippen LogP) is -0.0514. The van der Waals surface area contributed by atoms with Crippen LogP contribution in [0.2, 0.25) is 0 Å². The summed E-state index contributed by atoms with van der Waals surface area (Å²) in [5, 5.41) is 11.5. The molecule has 15 heavy (non-hydrogen) atoms. The van der Waals surface area contributed by atoms with Crippen LogP contribution < -0.4 is 5.73 Å². The molecule has 0 atom stereocenters. The SMILES string of the molecule is NCCCc1nnnn1-c1ccncc1. The van der Waals surface area contributed by atoms with Gasteiger partial charge in [0.15, 0.2) is 5.82 Å². The average molecular weight is 204 g/mol. The smallest absolute Gasteiger partial charge is 0.156 e. The molecule has 78 valence electrons. The van der Waals surface area contributed by atoms with Gasteiger partial charge in [0.2, 0.25) is 0 Å². The summed E-state index contributed by atoms with van der Waals surface area (Å²) in [5.74, 6) is 0.826. The molecule has 2 rings (SSSR count). The van der Waals surface area contributed by atoms with E-state index in [1.54, 1.807) is 17.1 Å². The maximum atomic E-state index is 5.45. The number of nitrogens with zero attached hydrogens (tertiary/aromatic N) is 5. The van der Waals surface area contributed by atoms with E-state index in [2.05, 4.69) is 20.5 Å². The first-order valence-electron chi connectivity index (χ1n) is 4.79. The molecule has 2 aromatic rings. The molecule has 0 aliphatic heterocycles. The molecule has 0 aromatic carbocycles. The van der Waals surface area contributed by atoms with Crippen molar-refractivity contribution in [3.63, 3.8) is 0 Å². The quantitative estimate of drug-likeness (QED) is 0.754. The molecule has 0 bridgehead atoms. The summed E-state index contributed by atoms with van der Waals surface area (Å²) in [5.41, 5.74) is 6.36. The van der Waals surface area contributed by atoms with Gasteiger partial charge in [-0.3, -0.25) is 4.98 Å². The second kappa shape index (κ2) is 4.61. The number of nitrogens with two attached hydrogens (primary N) is 1. The third-order valence-corrected chi connectivity index (χ3v) is 2.05. The van der Waals surface area contributed by atoms with Gasteiger partial charge >= 0.3 is 0 Å². The molecule has 0 fully saturated rings. The zero-order valence-electron chi connectivity index (χ0n) is 8.24. The maximum Gasteiger partial charge on any atom is 0.156 e. The van der Waals surface area contributed by atoms with E-state index in [1.165, 1.54) is 0 Å². The highest BCUT2D eigenvalue weighted by Gasteiger charge is 2.06. The summed E-state index contributed by atoms with van der Waals surface area (Å²) in [4.78, 5) is 3.95. The number of pyridine rings is 1. The average Bonchev–Trinajstić information content (AvgIpc) is 2.75. The minimum atomic E-state index is 0.642. The van der Waals surface area contributed by atoms with Crippen LogP contribution in [-0.2, 0) is 6.42 Å². The summed E-state index contributed by atoms with van der Waals surface area (Å²) >= 11 is 0. The normalized spacial score (nSPS) is 10.5. The van der Waals surface area contributed by atoms with Gasteiger partial charge in [0, 0.05) is 18.8 Å². The minimum Gasteiger partial charge on any atom is -0.330 e. The van der Waals surface area contributed by atoms with Crippen LogP contribution >= 0.6 is 0 Å². The van der Waals surface area contributed by atoms with Crippen LogP contribution in [0.1, 0.15) is 12.2 Å². The van der Waals surface area contributed by atoms with Crippen molar-refractivity contribution >= 4 is 0 Å². The Morgan fingerprint density at radius 2 is 2.07 bits per heavy atom. The highest BCUT2D eigenvalue weighted by atomic mass is 15.5. The molecule has 0 unspecified atom stereocenters. The Kier molecular flexibility index (Phi) is 2.99. The van der Waals surface area contributed by atoms with Crippen LogP contribution in [0.15, 0.2) is 24.5 Å².